The average Bonchev–Trinajstić information content (AvgIpc) is 2.85. The molecule has 0 fully saturated rings. The lowest BCUT2D eigenvalue weighted by atomic mass is 10.2. The van der Waals surface area contributed by atoms with Crippen LogP contribution in [0, 0.1) is 0 Å². The number of aryl methyl sites for hydroxylation is 1. The molecule has 0 aliphatic heterocycles. The second kappa shape index (κ2) is 6.79. The van der Waals surface area contributed by atoms with Gasteiger partial charge in [-0.1, -0.05) is 12.1 Å². The number of benzene rings is 1. The van der Waals surface area contributed by atoms with Crippen molar-refractivity contribution >= 4 is 10.0 Å². The normalized spacial score (nSPS) is 11.7. The number of aliphatic hydroxyl groups is 1. The minimum absolute atomic E-state index is 0.0431. The van der Waals surface area contributed by atoms with Crippen LogP contribution in [0.25, 0.3) is 0 Å². The molecule has 114 valence electrons. The largest absolute Gasteiger partial charge is 0.396 e. The number of hydrogen-bond donors (Lipinski definition) is 2. The maximum Gasteiger partial charge on any atom is 0.240 e. The van der Waals surface area contributed by atoms with Gasteiger partial charge in [0.1, 0.15) is 6.33 Å². The zero-order chi connectivity index (χ0) is 15.3. The molecule has 1 heterocycles. The minimum atomic E-state index is -3.53. The summed E-state index contributed by atoms with van der Waals surface area (Å²) in [6.07, 6.45) is 2.52. The predicted molar refractivity (Wildman–Crippen MR) is 77.1 cm³/mol. The highest BCUT2D eigenvalue weighted by atomic mass is 32.2. The molecule has 0 amide bonds. The van der Waals surface area contributed by atoms with E-state index in [1.165, 1.54) is 12.1 Å². The van der Waals surface area contributed by atoms with Crippen LogP contribution < -0.4 is 4.72 Å². The quantitative estimate of drug-likeness (QED) is 0.742. The van der Waals surface area contributed by atoms with Gasteiger partial charge >= 0.3 is 0 Å². The van der Waals surface area contributed by atoms with E-state index in [1.807, 2.05) is 0 Å². The van der Waals surface area contributed by atoms with E-state index in [0.29, 0.717) is 18.7 Å². The Morgan fingerprint density at radius 2 is 1.95 bits per heavy atom. The van der Waals surface area contributed by atoms with Gasteiger partial charge in [-0.05, 0) is 24.1 Å². The number of aliphatic hydroxyl groups excluding tert-OH is 1. The van der Waals surface area contributed by atoms with Gasteiger partial charge in [0.2, 0.25) is 10.0 Å². The van der Waals surface area contributed by atoms with Gasteiger partial charge in [0.05, 0.1) is 4.90 Å². The van der Waals surface area contributed by atoms with E-state index in [2.05, 4.69) is 14.8 Å². The second-order valence-electron chi connectivity index (χ2n) is 4.60. The van der Waals surface area contributed by atoms with Crippen LogP contribution in [-0.4, -0.2) is 41.4 Å². The third kappa shape index (κ3) is 4.35. The van der Waals surface area contributed by atoms with E-state index < -0.39 is 10.0 Å². The topological polar surface area (TPSA) is 97.1 Å². The Bertz CT molecular complexity index is 680. The van der Waals surface area contributed by atoms with E-state index in [0.717, 1.165) is 5.56 Å². The van der Waals surface area contributed by atoms with Crippen molar-refractivity contribution in [2.45, 2.75) is 17.7 Å². The van der Waals surface area contributed by atoms with Crippen LogP contribution in [0.1, 0.15) is 11.4 Å². The fourth-order valence-corrected chi connectivity index (χ4v) is 2.88. The van der Waals surface area contributed by atoms with Gasteiger partial charge in [0.15, 0.2) is 5.82 Å². The van der Waals surface area contributed by atoms with Crippen LogP contribution in [0.3, 0.4) is 0 Å². The lowest BCUT2D eigenvalue weighted by molar-refractivity contribution is 0.299. The molecule has 0 saturated carbocycles. The first-order valence-corrected chi connectivity index (χ1v) is 8.03. The van der Waals surface area contributed by atoms with E-state index in [9.17, 15) is 8.42 Å². The molecule has 0 bridgehead atoms. The summed E-state index contributed by atoms with van der Waals surface area (Å²) in [6, 6.07) is 6.47. The second-order valence-corrected chi connectivity index (χ2v) is 6.37. The van der Waals surface area contributed by atoms with E-state index in [1.54, 1.807) is 30.2 Å². The van der Waals surface area contributed by atoms with Crippen molar-refractivity contribution in [1.29, 1.82) is 0 Å². The van der Waals surface area contributed by atoms with Gasteiger partial charge in [-0.15, -0.1) is 0 Å². The smallest absolute Gasteiger partial charge is 0.240 e. The summed E-state index contributed by atoms with van der Waals surface area (Å²) in [7, 11) is -1.77. The third-order valence-corrected chi connectivity index (χ3v) is 4.40. The van der Waals surface area contributed by atoms with Crippen molar-refractivity contribution in [2.75, 3.05) is 13.2 Å². The maximum absolute atomic E-state index is 12.1. The monoisotopic (exact) mass is 310 g/mol. The van der Waals surface area contributed by atoms with Crippen molar-refractivity contribution in [3.05, 3.63) is 42.0 Å². The van der Waals surface area contributed by atoms with Crippen molar-refractivity contribution < 1.29 is 13.5 Å². The SMILES string of the molecule is Cn1cnc(CCNS(=O)(=O)c2ccc(CCO)cc2)n1. The summed E-state index contributed by atoms with van der Waals surface area (Å²) < 4.78 is 28.3. The molecule has 1 aromatic heterocycles. The minimum Gasteiger partial charge on any atom is -0.396 e. The zero-order valence-electron chi connectivity index (χ0n) is 11.7. The Kier molecular flexibility index (Phi) is 5.05. The Hall–Kier alpha value is -1.77. The van der Waals surface area contributed by atoms with Crippen molar-refractivity contribution in [3.63, 3.8) is 0 Å². The first kappa shape index (κ1) is 15.6. The lowest BCUT2D eigenvalue weighted by Crippen LogP contribution is -2.26. The Balaban J connectivity index is 1.94. The molecule has 0 unspecified atom stereocenters. The molecular weight excluding hydrogens is 292 g/mol. The number of nitrogens with zero attached hydrogens (tertiary/aromatic N) is 3. The molecule has 1 aromatic carbocycles. The fraction of sp³-hybridized carbons (Fsp3) is 0.385. The van der Waals surface area contributed by atoms with Gasteiger partial charge in [-0.25, -0.2) is 18.1 Å². The zero-order valence-corrected chi connectivity index (χ0v) is 12.5. The van der Waals surface area contributed by atoms with Crippen LogP contribution in [-0.2, 0) is 29.9 Å². The summed E-state index contributed by atoms with van der Waals surface area (Å²) in [5, 5.41) is 12.9. The molecule has 0 atom stereocenters. The molecule has 0 spiro atoms. The van der Waals surface area contributed by atoms with Crippen LogP contribution in [0.2, 0.25) is 0 Å². The van der Waals surface area contributed by atoms with Crippen molar-refractivity contribution in [1.82, 2.24) is 19.5 Å². The number of nitrogens with one attached hydrogen (secondary N) is 1. The van der Waals surface area contributed by atoms with E-state index in [4.69, 9.17) is 5.11 Å². The van der Waals surface area contributed by atoms with Crippen LogP contribution in [0.5, 0.6) is 0 Å². The third-order valence-electron chi connectivity index (χ3n) is 2.92. The summed E-state index contributed by atoms with van der Waals surface area (Å²) in [5.74, 6) is 0.596. The maximum atomic E-state index is 12.1. The Morgan fingerprint density at radius 1 is 1.24 bits per heavy atom. The standard InChI is InChI=1S/C13H18N4O3S/c1-17-10-14-13(16-17)6-8-15-21(19,20)12-4-2-11(3-5-12)7-9-18/h2-5,10,15,18H,6-9H2,1H3. The summed E-state index contributed by atoms with van der Waals surface area (Å²) in [4.78, 5) is 4.24. The number of rotatable bonds is 7. The first-order valence-electron chi connectivity index (χ1n) is 6.55. The molecule has 0 radical (unpaired) electrons. The van der Waals surface area contributed by atoms with Crippen molar-refractivity contribution in [2.24, 2.45) is 7.05 Å². The number of sulfonamides is 1. The van der Waals surface area contributed by atoms with Gasteiger partial charge in [-0.3, -0.25) is 4.68 Å². The molecule has 2 aromatic rings. The fourth-order valence-electron chi connectivity index (χ4n) is 1.84. The highest BCUT2D eigenvalue weighted by molar-refractivity contribution is 7.89. The molecule has 21 heavy (non-hydrogen) atoms. The molecule has 0 aliphatic carbocycles. The molecule has 0 saturated heterocycles. The van der Waals surface area contributed by atoms with Gasteiger partial charge in [0, 0.05) is 26.6 Å². The van der Waals surface area contributed by atoms with Gasteiger partial charge < -0.3 is 5.11 Å². The lowest BCUT2D eigenvalue weighted by Gasteiger charge is -2.06. The van der Waals surface area contributed by atoms with E-state index in [-0.39, 0.29) is 18.0 Å². The molecule has 2 N–H and O–H groups in total. The molecule has 2 rings (SSSR count). The Labute approximate surface area is 123 Å². The first-order chi connectivity index (χ1) is 10.0. The Morgan fingerprint density at radius 3 is 2.52 bits per heavy atom. The van der Waals surface area contributed by atoms with Gasteiger partial charge in [0.25, 0.3) is 0 Å². The molecular formula is C13H18N4O3S. The van der Waals surface area contributed by atoms with Crippen LogP contribution in [0.15, 0.2) is 35.5 Å². The number of hydrogen-bond acceptors (Lipinski definition) is 5. The van der Waals surface area contributed by atoms with Crippen molar-refractivity contribution in [3.8, 4) is 0 Å². The summed E-state index contributed by atoms with van der Waals surface area (Å²) in [6.45, 7) is 0.284. The average molecular weight is 310 g/mol. The molecule has 8 heteroatoms. The van der Waals surface area contributed by atoms with Crippen LogP contribution in [0.4, 0.5) is 0 Å². The van der Waals surface area contributed by atoms with Crippen LogP contribution >= 0.6 is 0 Å². The summed E-state index contributed by atoms with van der Waals surface area (Å²) >= 11 is 0. The summed E-state index contributed by atoms with van der Waals surface area (Å²) in [5.41, 5.74) is 0.897. The highest BCUT2D eigenvalue weighted by Gasteiger charge is 2.13. The molecule has 7 nitrogen and oxygen atoms in total. The van der Waals surface area contributed by atoms with E-state index >= 15 is 0 Å². The number of aromatic nitrogens is 3. The highest BCUT2D eigenvalue weighted by Crippen LogP contribution is 2.10. The predicted octanol–water partition coefficient (Wildman–Crippen LogP) is -0.129. The van der Waals surface area contributed by atoms with Gasteiger partial charge in [-0.2, -0.15) is 5.10 Å². The molecule has 0 aliphatic rings.